The van der Waals surface area contributed by atoms with Crippen LogP contribution in [0.2, 0.25) is 0 Å². The molecule has 0 spiro atoms. The number of nitrogens with zero attached hydrogens (tertiary/aromatic N) is 2. The van der Waals surface area contributed by atoms with E-state index in [9.17, 15) is 0 Å². The predicted molar refractivity (Wildman–Crippen MR) is 80.7 cm³/mol. The summed E-state index contributed by atoms with van der Waals surface area (Å²) in [5.74, 6) is 0.861. The van der Waals surface area contributed by atoms with Gasteiger partial charge in [0.25, 0.3) is 0 Å². The lowest BCUT2D eigenvalue weighted by Gasteiger charge is -2.11. The van der Waals surface area contributed by atoms with Gasteiger partial charge in [-0.1, -0.05) is 24.6 Å². The topological polar surface area (TPSA) is 53.1 Å². The van der Waals surface area contributed by atoms with Crippen molar-refractivity contribution in [2.24, 2.45) is 5.73 Å². The molecule has 4 nitrogen and oxygen atoms in total. The Morgan fingerprint density at radius 1 is 1.25 bits per heavy atom. The van der Waals surface area contributed by atoms with E-state index in [4.69, 9.17) is 10.5 Å². The summed E-state index contributed by atoms with van der Waals surface area (Å²) in [5, 5.41) is 4.53. The zero-order valence-electron chi connectivity index (χ0n) is 12.5. The van der Waals surface area contributed by atoms with Gasteiger partial charge in [-0.05, 0) is 32.4 Å². The summed E-state index contributed by atoms with van der Waals surface area (Å²) in [4.78, 5) is 0. The molecule has 0 aliphatic rings. The zero-order chi connectivity index (χ0) is 14.5. The number of aromatic nitrogens is 2. The lowest BCUT2D eigenvalue weighted by molar-refractivity contribution is 0.289. The Hall–Kier alpha value is -1.81. The van der Waals surface area contributed by atoms with Crippen LogP contribution in [-0.4, -0.2) is 9.78 Å². The summed E-state index contributed by atoms with van der Waals surface area (Å²) in [7, 11) is 0. The third-order valence-corrected chi connectivity index (χ3v) is 3.39. The third-order valence-electron chi connectivity index (χ3n) is 3.39. The minimum atomic E-state index is 0.490. The van der Waals surface area contributed by atoms with Gasteiger partial charge in [0.15, 0.2) is 0 Å². The Morgan fingerprint density at radius 2 is 2.05 bits per heavy atom. The van der Waals surface area contributed by atoms with Crippen molar-refractivity contribution in [2.75, 3.05) is 0 Å². The van der Waals surface area contributed by atoms with Gasteiger partial charge in [0.1, 0.15) is 12.4 Å². The van der Waals surface area contributed by atoms with Gasteiger partial charge in [-0.2, -0.15) is 5.10 Å². The highest BCUT2D eigenvalue weighted by Gasteiger charge is 2.08. The standard InChI is InChI=1S/C16H23N3O/c1-4-14-9-15(19(5-2)18-14)11-20-16-7-6-12(3)8-13(16)10-17/h6-9H,4-5,10-11,17H2,1-3H3. The summed E-state index contributed by atoms with van der Waals surface area (Å²) in [6, 6.07) is 8.22. The molecule has 0 aliphatic heterocycles. The number of ether oxygens (including phenoxy) is 1. The normalized spacial score (nSPS) is 10.8. The van der Waals surface area contributed by atoms with E-state index in [1.54, 1.807) is 0 Å². The van der Waals surface area contributed by atoms with Gasteiger partial charge >= 0.3 is 0 Å². The molecule has 20 heavy (non-hydrogen) atoms. The summed E-state index contributed by atoms with van der Waals surface area (Å²) < 4.78 is 7.92. The molecule has 0 radical (unpaired) electrons. The highest BCUT2D eigenvalue weighted by molar-refractivity contribution is 5.36. The highest BCUT2D eigenvalue weighted by atomic mass is 16.5. The van der Waals surface area contributed by atoms with Crippen molar-refractivity contribution in [3.8, 4) is 5.75 Å². The Morgan fingerprint density at radius 3 is 2.70 bits per heavy atom. The Balaban J connectivity index is 2.14. The number of aryl methyl sites for hydroxylation is 3. The van der Waals surface area contributed by atoms with E-state index in [0.29, 0.717) is 13.2 Å². The number of nitrogens with two attached hydrogens (primary N) is 1. The van der Waals surface area contributed by atoms with E-state index in [2.05, 4.69) is 38.0 Å². The molecule has 2 rings (SSSR count). The molecular weight excluding hydrogens is 250 g/mol. The van der Waals surface area contributed by atoms with Crippen molar-refractivity contribution in [3.63, 3.8) is 0 Å². The van der Waals surface area contributed by atoms with Crippen LogP contribution >= 0.6 is 0 Å². The van der Waals surface area contributed by atoms with E-state index in [-0.39, 0.29) is 0 Å². The van der Waals surface area contributed by atoms with Crippen LogP contribution in [0.4, 0.5) is 0 Å². The third kappa shape index (κ3) is 3.20. The molecule has 1 heterocycles. The lowest BCUT2D eigenvalue weighted by atomic mass is 10.1. The Labute approximate surface area is 120 Å². The maximum Gasteiger partial charge on any atom is 0.130 e. The first-order valence-corrected chi connectivity index (χ1v) is 7.15. The molecule has 1 aromatic heterocycles. The van der Waals surface area contributed by atoms with Gasteiger partial charge in [-0.3, -0.25) is 4.68 Å². The van der Waals surface area contributed by atoms with Crippen LogP contribution in [0.15, 0.2) is 24.3 Å². The smallest absolute Gasteiger partial charge is 0.130 e. The Bertz CT molecular complexity index is 575. The average Bonchev–Trinajstić information content (AvgIpc) is 2.88. The van der Waals surface area contributed by atoms with Crippen LogP contribution in [0.25, 0.3) is 0 Å². The van der Waals surface area contributed by atoms with E-state index in [0.717, 1.165) is 35.7 Å². The molecule has 2 N–H and O–H groups in total. The molecular formula is C16H23N3O. The number of hydrogen-bond donors (Lipinski definition) is 1. The molecule has 4 heteroatoms. The first-order valence-electron chi connectivity index (χ1n) is 7.15. The second-order valence-electron chi connectivity index (χ2n) is 4.90. The highest BCUT2D eigenvalue weighted by Crippen LogP contribution is 2.21. The fourth-order valence-corrected chi connectivity index (χ4v) is 2.24. The van der Waals surface area contributed by atoms with Crippen molar-refractivity contribution in [1.29, 1.82) is 0 Å². The van der Waals surface area contributed by atoms with Gasteiger partial charge in [-0.15, -0.1) is 0 Å². The second kappa shape index (κ2) is 6.57. The zero-order valence-corrected chi connectivity index (χ0v) is 12.5. The van der Waals surface area contributed by atoms with Gasteiger partial charge in [0, 0.05) is 18.7 Å². The molecule has 0 unspecified atom stereocenters. The minimum absolute atomic E-state index is 0.490. The molecule has 0 atom stereocenters. The largest absolute Gasteiger partial charge is 0.487 e. The predicted octanol–water partition coefficient (Wildman–Crippen LogP) is 2.81. The van der Waals surface area contributed by atoms with Crippen molar-refractivity contribution in [1.82, 2.24) is 9.78 Å². The molecule has 108 valence electrons. The molecule has 1 aromatic carbocycles. The SMILES string of the molecule is CCc1cc(COc2ccc(C)cc2CN)n(CC)n1. The maximum absolute atomic E-state index is 5.93. The molecule has 0 bridgehead atoms. The number of benzene rings is 1. The quantitative estimate of drug-likeness (QED) is 0.880. The summed E-state index contributed by atoms with van der Waals surface area (Å²) in [6.07, 6.45) is 0.943. The van der Waals surface area contributed by atoms with E-state index in [1.807, 2.05) is 16.8 Å². The second-order valence-corrected chi connectivity index (χ2v) is 4.90. The van der Waals surface area contributed by atoms with Crippen molar-refractivity contribution < 1.29 is 4.74 Å². The summed E-state index contributed by atoms with van der Waals surface area (Å²) >= 11 is 0. The lowest BCUT2D eigenvalue weighted by Crippen LogP contribution is -2.08. The molecule has 2 aromatic rings. The fourth-order valence-electron chi connectivity index (χ4n) is 2.24. The van der Waals surface area contributed by atoms with Gasteiger partial charge in [-0.25, -0.2) is 0 Å². The minimum Gasteiger partial charge on any atom is -0.487 e. The summed E-state index contributed by atoms with van der Waals surface area (Å²) in [6.45, 7) is 8.13. The first kappa shape index (κ1) is 14.6. The van der Waals surface area contributed by atoms with Gasteiger partial charge in [0.2, 0.25) is 0 Å². The Kier molecular flexibility index (Phi) is 4.79. The summed E-state index contributed by atoms with van der Waals surface area (Å²) in [5.41, 5.74) is 10.2. The van der Waals surface area contributed by atoms with Crippen LogP contribution < -0.4 is 10.5 Å². The van der Waals surface area contributed by atoms with Gasteiger partial charge in [0.05, 0.1) is 11.4 Å². The molecule has 0 amide bonds. The van der Waals surface area contributed by atoms with E-state index < -0.39 is 0 Å². The molecule has 0 aliphatic carbocycles. The molecule has 0 saturated carbocycles. The van der Waals surface area contributed by atoms with E-state index in [1.165, 1.54) is 5.56 Å². The van der Waals surface area contributed by atoms with Crippen molar-refractivity contribution >= 4 is 0 Å². The van der Waals surface area contributed by atoms with Gasteiger partial charge < -0.3 is 10.5 Å². The van der Waals surface area contributed by atoms with Crippen LogP contribution in [0.5, 0.6) is 5.75 Å². The van der Waals surface area contributed by atoms with Crippen LogP contribution in [-0.2, 0) is 26.1 Å². The monoisotopic (exact) mass is 273 g/mol. The van der Waals surface area contributed by atoms with E-state index >= 15 is 0 Å². The number of hydrogen-bond acceptors (Lipinski definition) is 3. The van der Waals surface area contributed by atoms with Crippen LogP contribution in [0, 0.1) is 6.92 Å². The number of rotatable bonds is 6. The molecule has 0 saturated heterocycles. The van der Waals surface area contributed by atoms with Crippen molar-refractivity contribution in [3.05, 3.63) is 46.8 Å². The fraction of sp³-hybridized carbons (Fsp3) is 0.438. The van der Waals surface area contributed by atoms with Crippen LogP contribution in [0.1, 0.15) is 36.4 Å². The van der Waals surface area contributed by atoms with Crippen molar-refractivity contribution in [2.45, 2.75) is 46.9 Å². The maximum atomic E-state index is 5.93. The average molecular weight is 273 g/mol. The molecule has 0 fully saturated rings. The van der Waals surface area contributed by atoms with Crippen LogP contribution in [0.3, 0.4) is 0 Å². The first-order chi connectivity index (χ1) is 9.67.